The summed E-state index contributed by atoms with van der Waals surface area (Å²) in [5, 5.41) is 0. The number of fused-ring (bicyclic) bond motifs is 2. The van der Waals surface area contributed by atoms with Gasteiger partial charge in [-0.2, -0.15) is 9.13 Å². The fraction of sp³-hybridized carbons (Fsp3) is 0.364. The first kappa shape index (κ1) is 24.9. The molecule has 4 aromatic rings. The molecule has 0 aliphatic rings. The van der Waals surface area contributed by atoms with Gasteiger partial charge in [-0.05, 0) is 12.1 Å². The molecule has 4 rings (SSSR count). The van der Waals surface area contributed by atoms with E-state index < -0.39 is 0 Å². The van der Waals surface area contributed by atoms with Crippen LogP contribution in [-0.4, -0.2) is 0 Å². The molecule has 152 valence electrons. The molecule has 0 aliphatic heterocycles. The van der Waals surface area contributed by atoms with Crippen molar-refractivity contribution in [1.29, 1.82) is 0 Å². The van der Waals surface area contributed by atoms with Gasteiger partial charge < -0.3 is 56.8 Å². The minimum absolute atomic E-state index is 0. The largest absolute Gasteiger partial charge is 1.00 e. The van der Waals surface area contributed by atoms with Crippen molar-refractivity contribution in [3.8, 4) is 0 Å². The quantitative estimate of drug-likeness (QED) is 0.218. The standard InChI is InChI=1S/2C11H14NO.2HI/c2*1-3-8-12-9(2)13-11-7-5-4-6-10(11)12;;/h2*4-7H,3,8H2,1-2H3;2*1H/q2*+1;;/p-2. The maximum Gasteiger partial charge on any atom is 0.344 e. The highest BCUT2D eigenvalue weighted by Gasteiger charge is 2.17. The lowest BCUT2D eigenvalue weighted by atomic mass is 10.3. The van der Waals surface area contributed by atoms with Crippen molar-refractivity contribution in [2.45, 2.75) is 53.6 Å². The molecule has 0 amide bonds. The van der Waals surface area contributed by atoms with Gasteiger partial charge in [-0.1, -0.05) is 38.1 Å². The van der Waals surface area contributed by atoms with E-state index in [0.717, 1.165) is 48.9 Å². The summed E-state index contributed by atoms with van der Waals surface area (Å²) < 4.78 is 15.7. The van der Waals surface area contributed by atoms with Gasteiger partial charge in [0, 0.05) is 25.0 Å². The smallest absolute Gasteiger partial charge is 0.344 e. The molecule has 0 saturated carbocycles. The second-order valence-corrected chi connectivity index (χ2v) is 6.48. The number of hydrogen-bond acceptors (Lipinski definition) is 2. The van der Waals surface area contributed by atoms with Crippen molar-refractivity contribution in [1.82, 2.24) is 0 Å². The normalized spacial score (nSPS) is 10.1. The third-order valence-corrected chi connectivity index (χ3v) is 4.48. The van der Waals surface area contributed by atoms with Gasteiger partial charge in [-0.3, -0.25) is 0 Å². The Morgan fingerprint density at radius 1 is 0.643 bits per heavy atom. The molecule has 4 nitrogen and oxygen atoms in total. The van der Waals surface area contributed by atoms with Gasteiger partial charge in [0.2, 0.25) is 11.2 Å². The average Bonchev–Trinajstić information content (AvgIpc) is 3.13. The van der Waals surface area contributed by atoms with E-state index in [0.29, 0.717) is 0 Å². The van der Waals surface area contributed by atoms with E-state index in [1.54, 1.807) is 0 Å². The van der Waals surface area contributed by atoms with Crippen LogP contribution in [0, 0.1) is 13.8 Å². The number of rotatable bonds is 4. The zero-order valence-corrected chi connectivity index (χ0v) is 21.2. The van der Waals surface area contributed by atoms with Crippen LogP contribution in [-0.2, 0) is 13.1 Å². The lowest BCUT2D eigenvalue weighted by Gasteiger charge is -1.89. The molecule has 0 unspecified atom stereocenters. The molecule has 2 aromatic carbocycles. The van der Waals surface area contributed by atoms with Crippen molar-refractivity contribution < 1.29 is 65.9 Å². The molecule has 0 aliphatic carbocycles. The van der Waals surface area contributed by atoms with Gasteiger partial charge in [-0.25, -0.2) is 0 Å². The van der Waals surface area contributed by atoms with Crippen LogP contribution in [0.15, 0.2) is 57.4 Å². The summed E-state index contributed by atoms with van der Waals surface area (Å²) in [5.74, 6) is 1.98. The number of benzene rings is 2. The van der Waals surface area contributed by atoms with E-state index >= 15 is 0 Å². The predicted octanol–water partition coefficient (Wildman–Crippen LogP) is -1.11. The van der Waals surface area contributed by atoms with Gasteiger partial charge in [0.25, 0.3) is 11.0 Å². The van der Waals surface area contributed by atoms with Gasteiger partial charge in [0.05, 0.1) is 13.8 Å². The summed E-state index contributed by atoms with van der Waals surface area (Å²) in [7, 11) is 0. The van der Waals surface area contributed by atoms with Crippen LogP contribution >= 0.6 is 0 Å². The number of oxazole rings is 2. The van der Waals surface area contributed by atoms with Gasteiger partial charge in [-0.15, -0.1) is 0 Å². The van der Waals surface area contributed by atoms with E-state index in [-0.39, 0.29) is 48.0 Å². The third kappa shape index (κ3) is 5.46. The van der Waals surface area contributed by atoms with Gasteiger partial charge in [0.15, 0.2) is 13.1 Å². The molecule has 2 heterocycles. The highest BCUT2D eigenvalue weighted by Crippen LogP contribution is 2.13. The van der Waals surface area contributed by atoms with Crippen molar-refractivity contribution in [3.05, 3.63) is 60.3 Å². The van der Waals surface area contributed by atoms with Crippen LogP contribution in [0.3, 0.4) is 0 Å². The van der Waals surface area contributed by atoms with Crippen molar-refractivity contribution >= 4 is 22.2 Å². The van der Waals surface area contributed by atoms with Crippen LogP contribution in [0.1, 0.15) is 38.5 Å². The second-order valence-electron chi connectivity index (χ2n) is 6.48. The van der Waals surface area contributed by atoms with E-state index in [1.807, 2.05) is 50.2 Å². The molecule has 6 heteroatoms. The Morgan fingerprint density at radius 2 is 1.00 bits per heavy atom. The molecule has 0 atom stereocenters. The first-order valence-electron chi connectivity index (χ1n) is 9.41. The molecule has 28 heavy (non-hydrogen) atoms. The highest BCUT2D eigenvalue weighted by molar-refractivity contribution is 5.68. The number of hydrogen-bond donors (Lipinski definition) is 0. The Hall–Kier alpha value is -1.16. The number of halogens is 2. The number of aryl methyl sites for hydroxylation is 4. The third-order valence-electron chi connectivity index (χ3n) is 4.48. The number of aromatic nitrogens is 2. The molecule has 0 saturated heterocycles. The van der Waals surface area contributed by atoms with Crippen LogP contribution in [0.4, 0.5) is 0 Å². The topological polar surface area (TPSA) is 34.0 Å². The summed E-state index contributed by atoms with van der Waals surface area (Å²) >= 11 is 0. The zero-order chi connectivity index (χ0) is 18.5. The summed E-state index contributed by atoms with van der Waals surface area (Å²) in [6.45, 7) is 10.4. The van der Waals surface area contributed by atoms with E-state index in [1.165, 1.54) is 11.0 Å². The minimum atomic E-state index is 0. The van der Waals surface area contributed by atoms with Crippen LogP contribution in [0.5, 0.6) is 0 Å². The maximum absolute atomic E-state index is 5.61. The molecule has 2 aromatic heterocycles. The number of para-hydroxylation sites is 4. The lowest BCUT2D eigenvalue weighted by molar-refractivity contribution is -0.682. The summed E-state index contributed by atoms with van der Waals surface area (Å²) in [6, 6.07) is 16.3. The van der Waals surface area contributed by atoms with E-state index in [4.69, 9.17) is 8.83 Å². The van der Waals surface area contributed by atoms with Crippen LogP contribution in [0.2, 0.25) is 0 Å². The lowest BCUT2D eigenvalue weighted by Crippen LogP contribution is -3.00. The monoisotopic (exact) mass is 606 g/mol. The van der Waals surface area contributed by atoms with Gasteiger partial charge >= 0.3 is 11.8 Å². The molecule has 0 bridgehead atoms. The Labute approximate surface area is 201 Å². The summed E-state index contributed by atoms with van der Waals surface area (Å²) in [6.07, 6.45) is 2.27. The zero-order valence-electron chi connectivity index (χ0n) is 16.9. The highest BCUT2D eigenvalue weighted by atomic mass is 127. The maximum atomic E-state index is 5.61. The Kier molecular flexibility index (Phi) is 10.4. The molecular formula is C22H28I2N2O2. The molecule has 0 spiro atoms. The Balaban J connectivity index is 0.000000261. The molecule has 0 radical (unpaired) electrons. The van der Waals surface area contributed by atoms with Crippen molar-refractivity contribution in [3.63, 3.8) is 0 Å². The Morgan fingerprint density at radius 3 is 1.36 bits per heavy atom. The summed E-state index contributed by atoms with van der Waals surface area (Å²) in [4.78, 5) is 0. The molecule has 0 N–H and O–H groups in total. The second kappa shape index (κ2) is 11.7. The Bertz CT molecular complexity index is 926. The first-order valence-corrected chi connectivity index (χ1v) is 9.41. The van der Waals surface area contributed by atoms with Crippen molar-refractivity contribution in [2.75, 3.05) is 0 Å². The van der Waals surface area contributed by atoms with Crippen LogP contribution in [0.25, 0.3) is 22.2 Å². The fourth-order valence-corrected chi connectivity index (χ4v) is 3.30. The molecule has 0 fully saturated rings. The summed E-state index contributed by atoms with van der Waals surface area (Å²) in [5.41, 5.74) is 4.35. The average molecular weight is 606 g/mol. The minimum Gasteiger partial charge on any atom is -1.00 e. The van der Waals surface area contributed by atoms with Crippen molar-refractivity contribution in [2.24, 2.45) is 0 Å². The predicted molar refractivity (Wildman–Crippen MR) is 103 cm³/mol. The van der Waals surface area contributed by atoms with E-state index in [9.17, 15) is 0 Å². The van der Waals surface area contributed by atoms with Gasteiger partial charge in [0.1, 0.15) is 0 Å². The van der Waals surface area contributed by atoms with E-state index in [2.05, 4.69) is 35.1 Å². The fourth-order valence-electron chi connectivity index (χ4n) is 3.30. The SMILES string of the molecule is CCC[n+]1c(C)oc2ccccc21.CCC[n+]1c(C)oc2ccccc21.[I-].[I-]. The molecular weight excluding hydrogens is 578 g/mol. The number of nitrogens with zero attached hydrogens (tertiary/aromatic N) is 2. The first-order chi connectivity index (χ1) is 12.7. The van der Waals surface area contributed by atoms with Crippen LogP contribution < -0.4 is 57.1 Å².